The Kier molecular flexibility index (Phi) is 4.97. The summed E-state index contributed by atoms with van der Waals surface area (Å²) in [6.45, 7) is 10.8. The van der Waals surface area contributed by atoms with Gasteiger partial charge in [-0.3, -0.25) is 4.90 Å². The Bertz CT molecular complexity index is 1230. The fraction of sp³-hybridized carbons (Fsp3) is 0.464. The van der Waals surface area contributed by atoms with E-state index in [4.69, 9.17) is 4.42 Å². The van der Waals surface area contributed by atoms with Crippen molar-refractivity contribution < 1.29 is 9.52 Å². The highest BCUT2D eigenvalue weighted by Crippen LogP contribution is 2.53. The third kappa shape index (κ3) is 3.75. The van der Waals surface area contributed by atoms with Gasteiger partial charge in [0, 0.05) is 36.5 Å². The molecule has 32 heavy (non-hydrogen) atoms. The topological polar surface area (TPSA) is 53.7 Å². The zero-order chi connectivity index (χ0) is 22.7. The third-order valence-corrected chi connectivity index (χ3v) is 7.64. The molecule has 2 atom stereocenters. The largest absolute Gasteiger partial charge is 0.507 e. The number of phenols is 1. The number of hydrogen-bond acceptors (Lipinski definition) is 4. The highest BCUT2D eigenvalue weighted by Gasteiger charge is 2.49. The van der Waals surface area contributed by atoms with Crippen LogP contribution in [-0.4, -0.2) is 22.6 Å². The van der Waals surface area contributed by atoms with Crippen molar-refractivity contribution in [2.75, 3.05) is 6.54 Å². The van der Waals surface area contributed by atoms with Gasteiger partial charge in [0.05, 0.1) is 5.56 Å². The summed E-state index contributed by atoms with van der Waals surface area (Å²) in [5.74, 6) is 0.210. The Morgan fingerprint density at radius 2 is 1.81 bits per heavy atom. The highest BCUT2D eigenvalue weighted by atomic mass is 16.4. The SMILES string of the molecule is Cc1c(Cc2ccccc2)c(=O)oc2c(CN3C[C@]4(C)C[C@H]3CC(C)(C)C4)c(O)ccc12. The number of aryl methyl sites for hydroxylation is 1. The average Bonchev–Trinajstić information content (AvgIpc) is 2.96. The first-order valence-corrected chi connectivity index (χ1v) is 11.7. The lowest BCUT2D eigenvalue weighted by Crippen LogP contribution is -2.34. The third-order valence-electron chi connectivity index (χ3n) is 7.64. The molecule has 5 rings (SSSR count). The molecular formula is C28H33NO3. The van der Waals surface area contributed by atoms with E-state index in [9.17, 15) is 9.90 Å². The van der Waals surface area contributed by atoms with Crippen molar-refractivity contribution in [1.82, 2.24) is 4.90 Å². The van der Waals surface area contributed by atoms with Crippen molar-refractivity contribution >= 4 is 11.0 Å². The number of fused-ring (bicyclic) bond motifs is 3. The van der Waals surface area contributed by atoms with Crippen LogP contribution >= 0.6 is 0 Å². The molecule has 1 aliphatic heterocycles. The minimum atomic E-state index is -0.307. The number of nitrogens with zero attached hydrogens (tertiary/aromatic N) is 1. The zero-order valence-corrected chi connectivity index (χ0v) is 19.6. The van der Waals surface area contributed by atoms with E-state index in [1.165, 1.54) is 12.8 Å². The molecule has 1 saturated carbocycles. The van der Waals surface area contributed by atoms with E-state index in [1.807, 2.05) is 43.3 Å². The summed E-state index contributed by atoms with van der Waals surface area (Å²) in [6.07, 6.45) is 4.14. The number of aromatic hydroxyl groups is 1. The lowest BCUT2D eigenvalue weighted by atomic mass is 9.65. The van der Waals surface area contributed by atoms with Gasteiger partial charge >= 0.3 is 5.63 Å². The second-order valence-corrected chi connectivity index (χ2v) is 11.2. The van der Waals surface area contributed by atoms with Crippen LogP contribution in [0.5, 0.6) is 5.75 Å². The Balaban J connectivity index is 1.53. The Labute approximate surface area is 189 Å². The van der Waals surface area contributed by atoms with Crippen molar-refractivity contribution in [3.63, 3.8) is 0 Å². The molecule has 1 aromatic heterocycles. The van der Waals surface area contributed by atoms with Gasteiger partial charge in [-0.05, 0) is 60.3 Å². The predicted octanol–water partition coefficient (Wildman–Crippen LogP) is 5.80. The molecule has 2 heterocycles. The summed E-state index contributed by atoms with van der Waals surface area (Å²) in [6, 6.07) is 14.1. The minimum absolute atomic E-state index is 0.210. The van der Waals surface area contributed by atoms with Gasteiger partial charge in [0.25, 0.3) is 0 Å². The lowest BCUT2D eigenvalue weighted by molar-refractivity contribution is 0.126. The minimum Gasteiger partial charge on any atom is -0.507 e. The summed E-state index contributed by atoms with van der Waals surface area (Å²) in [5, 5.41) is 11.7. The van der Waals surface area contributed by atoms with Gasteiger partial charge in [0.2, 0.25) is 0 Å². The van der Waals surface area contributed by atoms with Crippen LogP contribution in [0.15, 0.2) is 51.7 Å². The molecule has 2 fully saturated rings. The van der Waals surface area contributed by atoms with Crippen LogP contribution in [0.4, 0.5) is 0 Å². The maximum absolute atomic E-state index is 13.0. The molecule has 0 amide bonds. The number of phenolic OH excluding ortho intramolecular Hbond substituents is 1. The van der Waals surface area contributed by atoms with Crippen LogP contribution in [0.25, 0.3) is 11.0 Å². The van der Waals surface area contributed by atoms with Gasteiger partial charge in [0.15, 0.2) is 0 Å². The monoisotopic (exact) mass is 431 g/mol. The van der Waals surface area contributed by atoms with Crippen LogP contribution in [0, 0.1) is 17.8 Å². The van der Waals surface area contributed by atoms with E-state index in [0.29, 0.717) is 41.0 Å². The molecule has 1 aliphatic carbocycles. The first-order valence-electron chi connectivity index (χ1n) is 11.7. The quantitative estimate of drug-likeness (QED) is 0.531. The fourth-order valence-corrected chi connectivity index (χ4v) is 6.62. The molecule has 2 bridgehead atoms. The van der Waals surface area contributed by atoms with E-state index < -0.39 is 0 Å². The molecule has 0 unspecified atom stereocenters. The molecule has 1 N–H and O–H groups in total. The number of rotatable bonds is 4. The van der Waals surface area contributed by atoms with Crippen molar-refractivity contribution in [2.45, 2.75) is 66.0 Å². The van der Waals surface area contributed by atoms with E-state index in [-0.39, 0.29) is 11.4 Å². The average molecular weight is 432 g/mol. The molecule has 168 valence electrons. The van der Waals surface area contributed by atoms with Gasteiger partial charge < -0.3 is 9.52 Å². The van der Waals surface area contributed by atoms with Gasteiger partial charge in [-0.2, -0.15) is 0 Å². The predicted molar refractivity (Wildman–Crippen MR) is 128 cm³/mol. The first kappa shape index (κ1) is 21.3. The molecule has 0 spiro atoms. The number of benzene rings is 2. The summed E-state index contributed by atoms with van der Waals surface area (Å²) < 4.78 is 5.90. The maximum Gasteiger partial charge on any atom is 0.340 e. The Hall–Kier alpha value is -2.59. The van der Waals surface area contributed by atoms with Crippen molar-refractivity contribution in [2.24, 2.45) is 10.8 Å². The molecule has 2 aromatic carbocycles. The van der Waals surface area contributed by atoms with Gasteiger partial charge in [0.1, 0.15) is 11.3 Å². The Morgan fingerprint density at radius 1 is 1.06 bits per heavy atom. The summed E-state index contributed by atoms with van der Waals surface area (Å²) in [4.78, 5) is 15.5. The van der Waals surface area contributed by atoms with Crippen LogP contribution in [0.1, 0.15) is 62.3 Å². The first-order chi connectivity index (χ1) is 15.1. The van der Waals surface area contributed by atoms with E-state index in [0.717, 1.165) is 35.0 Å². The molecular weight excluding hydrogens is 398 g/mol. The lowest BCUT2D eigenvalue weighted by Gasteiger charge is -2.40. The molecule has 0 radical (unpaired) electrons. The zero-order valence-electron chi connectivity index (χ0n) is 19.6. The van der Waals surface area contributed by atoms with Gasteiger partial charge in [-0.1, -0.05) is 51.1 Å². The summed E-state index contributed by atoms with van der Waals surface area (Å²) >= 11 is 0. The van der Waals surface area contributed by atoms with Crippen LogP contribution in [-0.2, 0) is 13.0 Å². The highest BCUT2D eigenvalue weighted by molar-refractivity contribution is 5.85. The fourth-order valence-electron chi connectivity index (χ4n) is 6.62. The molecule has 2 aliphatic rings. The molecule has 4 heteroatoms. The van der Waals surface area contributed by atoms with E-state index in [2.05, 4.69) is 25.7 Å². The van der Waals surface area contributed by atoms with Crippen LogP contribution in [0.2, 0.25) is 0 Å². The molecule has 1 saturated heterocycles. The Morgan fingerprint density at radius 3 is 2.56 bits per heavy atom. The number of likely N-dealkylation sites (tertiary alicyclic amines) is 1. The summed E-state index contributed by atoms with van der Waals surface area (Å²) in [5.41, 5.74) is 4.33. The van der Waals surface area contributed by atoms with E-state index in [1.54, 1.807) is 6.07 Å². The van der Waals surface area contributed by atoms with Crippen LogP contribution in [0.3, 0.4) is 0 Å². The van der Waals surface area contributed by atoms with Gasteiger partial charge in [-0.25, -0.2) is 4.79 Å². The van der Waals surface area contributed by atoms with Crippen LogP contribution < -0.4 is 5.63 Å². The van der Waals surface area contributed by atoms with Crippen molar-refractivity contribution in [1.29, 1.82) is 0 Å². The normalized spacial score (nSPS) is 24.8. The van der Waals surface area contributed by atoms with E-state index >= 15 is 0 Å². The van der Waals surface area contributed by atoms with Gasteiger partial charge in [-0.15, -0.1) is 0 Å². The number of hydrogen-bond donors (Lipinski definition) is 1. The second-order valence-electron chi connectivity index (χ2n) is 11.2. The summed E-state index contributed by atoms with van der Waals surface area (Å²) in [7, 11) is 0. The smallest absolute Gasteiger partial charge is 0.340 e. The van der Waals surface area contributed by atoms with Crippen molar-refractivity contribution in [3.05, 3.63) is 75.1 Å². The second kappa shape index (κ2) is 7.48. The molecule has 3 aromatic rings. The maximum atomic E-state index is 13.0. The van der Waals surface area contributed by atoms with Crippen molar-refractivity contribution in [3.8, 4) is 5.75 Å². The molecule has 4 nitrogen and oxygen atoms in total. The standard InChI is InChI=1S/C28H33NO3/c1-18-21-10-11-24(30)23(15-29-17-28(4)14-20(29)13-27(2,3)16-28)25(21)32-26(31)22(18)12-19-8-6-5-7-9-19/h5-11,20,30H,12-17H2,1-4H3/t20-,28-/m1/s1.